The number of nitrogens with one attached hydrogen (secondary N) is 1. The number of ether oxygens (including phenoxy) is 2. The van der Waals surface area contributed by atoms with E-state index >= 15 is 0 Å². The van der Waals surface area contributed by atoms with Gasteiger partial charge in [-0.3, -0.25) is 4.79 Å². The minimum atomic E-state index is -0.332. The van der Waals surface area contributed by atoms with Crippen molar-refractivity contribution in [3.05, 3.63) is 59.4 Å². The number of carbonyl (C=O) groups excluding carboxylic acids is 1. The number of methoxy groups -OCH3 is 1. The minimum absolute atomic E-state index is 0.0918. The molecule has 2 aromatic carbocycles. The summed E-state index contributed by atoms with van der Waals surface area (Å²) >= 11 is 0. The molecule has 0 saturated heterocycles. The molecule has 0 bridgehead atoms. The third-order valence-corrected chi connectivity index (χ3v) is 3.77. The van der Waals surface area contributed by atoms with E-state index < -0.39 is 0 Å². The number of hydrogen-bond donors (Lipinski definition) is 1. The molecule has 2 rings (SSSR count). The lowest BCUT2D eigenvalue weighted by molar-refractivity contribution is -0.120. The molecule has 0 radical (unpaired) electrons. The van der Waals surface area contributed by atoms with Crippen LogP contribution in [0.1, 0.15) is 31.4 Å². The molecule has 1 amide bonds. The third-order valence-electron chi connectivity index (χ3n) is 3.77. The molecule has 0 aliphatic heterocycles. The fraction of sp³-hybridized carbons (Fsp3) is 0.300. The molecular weight excluding hydrogens is 335 g/mol. The van der Waals surface area contributed by atoms with Gasteiger partial charge in [0.1, 0.15) is 5.82 Å². The summed E-state index contributed by atoms with van der Waals surface area (Å²) in [6.45, 7) is 4.04. The Bertz CT molecular complexity index is 760. The van der Waals surface area contributed by atoms with Crippen molar-refractivity contribution in [3.8, 4) is 11.5 Å². The van der Waals surface area contributed by atoms with Crippen molar-refractivity contribution >= 4 is 12.1 Å². The monoisotopic (exact) mass is 358 g/mol. The molecule has 1 atom stereocenters. The molecule has 5 nitrogen and oxygen atoms in total. The van der Waals surface area contributed by atoms with Gasteiger partial charge >= 0.3 is 0 Å². The fourth-order valence-electron chi connectivity index (χ4n) is 2.17. The second kappa shape index (κ2) is 9.56. The molecule has 0 heterocycles. The van der Waals surface area contributed by atoms with E-state index in [0.29, 0.717) is 17.1 Å². The highest BCUT2D eigenvalue weighted by Crippen LogP contribution is 2.28. The Hall–Kier alpha value is -2.89. The summed E-state index contributed by atoms with van der Waals surface area (Å²) in [6.07, 6.45) is 2.64. The first-order valence-corrected chi connectivity index (χ1v) is 8.42. The van der Waals surface area contributed by atoms with Gasteiger partial charge in [-0.25, -0.2) is 9.82 Å². The van der Waals surface area contributed by atoms with Crippen LogP contribution in [0, 0.1) is 5.82 Å². The molecule has 1 N–H and O–H groups in total. The fourth-order valence-corrected chi connectivity index (χ4v) is 2.17. The molecular formula is C20H23FN2O3. The van der Waals surface area contributed by atoms with Gasteiger partial charge in [0.25, 0.3) is 0 Å². The highest BCUT2D eigenvalue weighted by molar-refractivity contribution is 5.84. The maximum Gasteiger partial charge on any atom is 0.244 e. The molecule has 0 aliphatic carbocycles. The number of carbonyl (C=O) groups is 1. The SMILES string of the molecule is CC[C@H](C)Oc1ccc(/C=N/NC(=O)Cc2ccc(F)cc2)cc1OC. The largest absolute Gasteiger partial charge is 0.493 e. The second-order valence-corrected chi connectivity index (χ2v) is 5.84. The summed E-state index contributed by atoms with van der Waals surface area (Å²) in [4.78, 5) is 11.9. The summed E-state index contributed by atoms with van der Waals surface area (Å²) in [6, 6.07) is 11.2. The zero-order valence-corrected chi connectivity index (χ0v) is 15.2. The number of amides is 1. The Morgan fingerprint density at radius 2 is 1.96 bits per heavy atom. The van der Waals surface area contributed by atoms with Gasteiger partial charge in [0.15, 0.2) is 11.5 Å². The molecule has 0 spiro atoms. The van der Waals surface area contributed by atoms with Crippen molar-refractivity contribution in [1.82, 2.24) is 5.43 Å². The average molecular weight is 358 g/mol. The Balaban J connectivity index is 1.94. The van der Waals surface area contributed by atoms with Gasteiger partial charge in [0.2, 0.25) is 5.91 Å². The van der Waals surface area contributed by atoms with Gasteiger partial charge in [-0.15, -0.1) is 0 Å². The lowest BCUT2D eigenvalue weighted by Gasteiger charge is -2.15. The molecule has 0 aromatic heterocycles. The minimum Gasteiger partial charge on any atom is -0.493 e. The van der Waals surface area contributed by atoms with E-state index in [1.54, 1.807) is 25.3 Å². The van der Waals surface area contributed by atoms with Crippen molar-refractivity contribution in [2.75, 3.05) is 7.11 Å². The summed E-state index contributed by atoms with van der Waals surface area (Å²) in [5.41, 5.74) is 3.93. The summed E-state index contributed by atoms with van der Waals surface area (Å²) in [5.74, 6) is 0.657. The normalized spacial score (nSPS) is 12.0. The Morgan fingerprint density at radius 3 is 2.62 bits per heavy atom. The first-order chi connectivity index (χ1) is 12.5. The van der Waals surface area contributed by atoms with Crippen LogP contribution in [0.3, 0.4) is 0 Å². The van der Waals surface area contributed by atoms with E-state index in [9.17, 15) is 9.18 Å². The summed E-state index contributed by atoms with van der Waals surface area (Å²) < 4.78 is 24.0. The van der Waals surface area contributed by atoms with Gasteiger partial charge in [-0.1, -0.05) is 19.1 Å². The lowest BCUT2D eigenvalue weighted by Crippen LogP contribution is -2.19. The van der Waals surface area contributed by atoms with E-state index in [0.717, 1.165) is 12.0 Å². The van der Waals surface area contributed by atoms with Gasteiger partial charge < -0.3 is 9.47 Å². The highest BCUT2D eigenvalue weighted by atomic mass is 19.1. The van der Waals surface area contributed by atoms with Crippen LogP contribution in [-0.2, 0) is 11.2 Å². The number of hydrazone groups is 1. The van der Waals surface area contributed by atoms with Crippen LogP contribution in [0.5, 0.6) is 11.5 Å². The number of benzene rings is 2. The van der Waals surface area contributed by atoms with Gasteiger partial charge in [-0.05, 0) is 54.8 Å². The predicted octanol–water partition coefficient (Wildman–Crippen LogP) is 3.70. The average Bonchev–Trinajstić information content (AvgIpc) is 2.64. The van der Waals surface area contributed by atoms with Gasteiger partial charge in [-0.2, -0.15) is 5.10 Å². The first kappa shape index (κ1) is 19.4. The van der Waals surface area contributed by atoms with Crippen molar-refractivity contribution in [2.45, 2.75) is 32.8 Å². The molecule has 138 valence electrons. The van der Waals surface area contributed by atoms with E-state index in [2.05, 4.69) is 10.5 Å². The van der Waals surface area contributed by atoms with E-state index in [4.69, 9.17) is 9.47 Å². The molecule has 0 saturated carbocycles. The van der Waals surface area contributed by atoms with Crippen molar-refractivity contribution in [3.63, 3.8) is 0 Å². The van der Waals surface area contributed by atoms with Crippen LogP contribution in [0.2, 0.25) is 0 Å². The lowest BCUT2D eigenvalue weighted by atomic mass is 10.1. The Kier molecular flexibility index (Phi) is 7.14. The maximum absolute atomic E-state index is 12.9. The molecule has 26 heavy (non-hydrogen) atoms. The van der Waals surface area contributed by atoms with Crippen LogP contribution >= 0.6 is 0 Å². The maximum atomic E-state index is 12.9. The number of halogens is 1. The second-order valence-electron chi connectivity index (χ2n) is 5.84. The quantitative estimate of drug-likeness (QED) is 0.578. The Labute approximate surface area is 152 Å². The standard InChI is InChI=1S/C20H23FN2O3/c1-4-14(2)26-18-10-7-16(11-19(18)25-3)13-22-23-20(24)12-15-5-8-17(21)9-6-15/h5-11,13-14H,4,12H2,1-3H3,(H,23,24)/b22-13+/t14-/m0/s1. The van der Waals surface area contributed by atoms with Crippen molar-refractivity contribution in [1.29, 1.82) is 0 Å². The zero-order valence-electron chi connectivity index (χ0n) is 15.2. The van der Waals surface area contributed by atoms with Crippen molar-refractivity contribution in [2.24, 2.45) is 5.10 Å². The van der Waals surface area contributed by atoms with Crippen LogP contribution in [0.25, 0.3) is 0 Å². The topological polar surface area (TPSA) is 59.9 Å². The Morgan fingerprint density at radius 1 is 1.23 bits per heavy atom. The zero-order chi connectivity index (χ0) is 18.9. The smallest absolute Gasteiger partial charge is 0.244 e. The predicted molar refractivity (Wildman–Crippen MR) is 99.2 cm³/mol. The van der Waals surface area contributed by atoms with Crippen LogP contribution in [-0.4, -0.2) is 25.3 Å². The van der Waals surface area contributed by atoms with Gasteiger partial charge in [0, 0.05) is 0 Å². The van der Waals surface area contributed by atoms with Crippen LogP contribution in [0.15, 0.2) is 47.6 Å². The molecule has 0 unspecified atom stereocenters. The van der Waals surface area contributed by atoms with Crippen molar-refractivity contribution < 1.29 is 18.7 Å². The molecule has 0 aliphatic rings. The highest BCUT2D eigenvalue weighted by Gasteiger charge is 2.08. The first-order valence-electron chi connectivity index (χ1n) is 8.42. The number of hydrogen-bond acceptors (Lipinski definition) is 4. The molecule has 6 heteroatoms. The summed E-state index contributed by atoms with van der Waals surface area (Å²) in [7, 11) is 1.57. The summed E-state index contributed by atoms with van der Waals surface area (Å²) in [5, 5.41) is 3.94. The van der Waals surface area contributed by atoms with E-state index in [-0.39, 0.29) is 24.2 Å². The van der Waals surface area contributed by atoms with Crippen LogP contribution < -0.4 is 14.9 Å². The number of rotatable bonds is 8. The third kappa shape index (κ3) is 5.88. The molecule has 2 aromatic rings. The van der Waals surface area contributed by atoms with E-state index in [1.165, 1.54) is 18.3 Å². The molecule has 0 fully saturated rings. The van der Waals surface area contributed by atoms with Gasteiger partial charge in [0.05, 0.1) is 25.8 Å². The van der Waals surface area contributed by atoms with E-state index in [1.807, 2.05) is 26.0 Å². The number of nitrogens with zero attached hydrogens (tertiary/aromatic N) is 1. The van der Waals surface area contributed by atoms with Crippen LogP contribution in [0.4, 0.5) is 4.39 Å².